The van der Waals surface area contributed by atoms with Crippen LogP contribution in [0.4, 0.5) is 4.79 Å². The smallest absolute Gasteiger partial charge is 0.401 e. The van der Waals surface area contributed by atoms with E-state index in [-0.39, 0.29) is 4.33 Å². The molecule has 1 unspecified atom stereocenters. The topological polar surface area (TPSA) is 37.3 Å². The van der Waals surface area contributed by atoms with Crippen LogP contribution in [0.25, 0.3) is 0 Å². The zero-order chi connectivity index (χ0) is 9.07. The first-order valence-corrected chi connectivity index (χ1v) is 4.29. The van der Waals surface area contributed by atoms with Crippen molar-refractivity contribution >= 4 is 40.2 Å². The molecule has 0 radical (unpaired) electrons. The van der Waals surface area contributed by atoms with Crippen molar-refractivity contribution in [1.29, 1.82) is 0 Å². The maximum Gasteiger partial charge on any atom is 0.401 e. The highest BCUT2D eigenvalue weighted by Crippen LogP contribution is 2.54. The Balaban J connectivity index is 0.000000218. The Bertz CT molecular complexity index is 143. The van der Waals surface area contributed by atoms with Crippen LogP contribution in [-0.4, -0.2) is 14.9 Å². The van der Waals surface area contributed by atoms with Gasteiger partial charge in [0.05, 0.1) is 0 Å². The summed E-state index contributed by atoms with van der Waals surface area (Å²) < 4.78 is -0.339. The van der Waals surface area contributed by atoms with Crippen LogP contribution in [0.1, 0.15) is 19.8 Å². The minimum Gasteiger partial charge on any atom is -0.469 e. The maximum atomic E-state index is 8.77. The molecular weight excluding hydrogens is 210 g/mol. The molecule has 0 bridgehead atoms. The number of hydrogen-bond acceptors (Lipinski definition) is 1. The zero-order valence-corrected chi connectivity index (χ0v) is 8.25. The van der Waals surface area contributed by atoms with Crippen LogP contribution in [0.3, 0.4) is 0 Å². The van der Waals surface area contributed by atoms with Crippen LogP contribution in [0.15, 0.2) is 0 Å². The number of halogens is 3. The fraction of sp³-hybridized carbons (Fsp3) is 0.833. The van der Waals surface area contributed by atoms with E-state index in [9.17, 15) is 0 Å². The Morgan fingerprint density at radius 2 is 2.00 bits per heavy atom. The van der Waals surface area contributed by atoms with Crippen LogP contribution in [0.5, 0.6) is 0 Å². The normalized spacial score (nSPS) is 24.9. The highest BCUT2D eigenvalue weighted by atomic mass is 35.5. The van der Waals surface area contributed by atoms with Crippen molar-refractivity contribution in [3.8, 4) is 0 Å². The average molecular weight is 219 g/mol. The molecule has 0 aliphatic heterocycles. The van der Waals surface area contributed by atoms with Gasteiger partial charge >= 0.3 is 5.43 Å². The first kappa shape index (κ1) is 11.3. The zero-order valence-electron chi connectivity index (χ0n) is 5.98. The summed E-state index contributed by atoms with van der Waals surface area (Å²) in [5.74, 6) is 0.579. The van der Waals surface area contributed by atoms with Gasteiger partial charge in [-0.2, -0.15) is 0 Å². The minimum atomic E-state index is -1.36. The molecule has 1 saturated carbocycles. The van der Waals surface area contributed by atoms with Gasteiger partial charge in [0.1, 0.15) is 4.33 Å². The van der Waals surface area contributed by atoms with E-state index in [1.165, 1.54) is 0 Å². The van der Waals surface area contributed by atoms with Crippen molar-refractivity contribution in [1.82, 2.24) is 0 Å². The summed E-state index contributed by atoms with van der Waals surface area (Å²) in [5.41, 5.74) is -1.36. The lowest BCUT2D eigenvalue weighted by Gasteiger charge is -1.90. The van der Waals surface area contributed by atoms with Gasteiger partial charge in [-0.3, -0.25) is 0 Å². The Morgan fingerprint density at radius 1 is 1.73 bits per heavy atom. The molecule has 1 aliphatic rings. The number of hydrogen-bond donors (Lipinski definition) is 1. The molecule has 1 N–H and O–H groups in total. The highest BCUT2D eigenvalue weighted by molar-refractivity contribution is 6.60. The molecule has 1 rings (SSSR count). The number of alkyl halides is 2. The van der Waals surface area contributed by atoms with Gasteiger partial charge in [0.25, 0.3) is 0 Å². The molecule has 0 aromatic rings. The van der Waals surface area contributed by atoms with E-state index in [4.69, 9.17) is 33.1 Å². The summed E-state index contributed by atoms with van der Waals surface area (Å²) >= 11 is 15.5. The maximum absolute atomic E-state index is 8.77. The number of carboxylic acid groups (broad SMARTS) is 1. The molecule has 1 aliphatic carbocycles. The monoisotopic (exact) mass is 218 g/mol. The molecule has 0 spiro atoms. The molecule has 2 nitrogen and oxygen atoms in total. The van der Waals surface area contributed by atoms with Gasteiger partial charge in [0.2, 0.25) is 0 Å². The van der Waals surface area contributed by atoms with E-state index in [2.05, 4.69) is 18.5 Å². The predicted molar refractivity (Wildman–Crippen MR) is 46.7 cm³/mol. The second-order valence-electron chi connectivity index (χ2n) is 2.32. The molecule has 1 atom stereocenters. The van der Waals surface area contributed by atoms with Gasteiger partial charge in [-0.25, -0.2) is 4.79 Å². The van der Waals surface area contributed by atoms with Crippen molar-refractivity contribution in [2.75, 3.05) is 0 Å². The minimum absolute atomic E-state index is 0.339. The first-order valence-electron chi connectivity index (χ1n) is 3.16. The van der Waals surface area contributed by atoms with Crippen molar-refractivity contribution < 1.29 is 9.90 Å². The van der Waals surface area contributed by atoms with Crippen LogP contribution < -0.4 is 0 Å². The summed E-state index contributed by atoms with van der Waals surface area (Å²) in [6.07, 6.45) is 2.11. The second kappa shape index (κ2) is 4.39. The molecule has 11 heavy (non-hydrogen) atoms. The van der Waals surface area contributed by atoms with Crippen molar-refractivity contribution in [2.45, 2.75) is 24.1 Å². The third-order valence-electron chi connectivity index (χ3n) is 1.45. The van der Waals surface area contributed by atoms with E-state index in [0.717, 1.165) is 12.8 Å². The van der Waals surface area contributed by atoms with Gasteiger partial charge in [-0.05, 0) is 12.3 Å². The molecule has 0 amide bonds. The summed E-state index contributed by atoms with van der Waals surface area (Å²) in [4.78, 5) is 8.77. The number of carbonyl (C=O) groups is 1. The Morgan fingerprint density at radius 3 is 2.00 bits per heavy atom. The largest absolute Gasteiger partial charge is 0.469 e. The van der Waals surface area contributed by atoms with Gasteiger partial charge in [0, 0.05) is 11.6 Å². The van der Waals surface area contributed by atoms with Crippen molar-refractivity contribution in [3.63, 3.8) is 0 Å². The van der Waals surface area contributed by atoms with Crippen LogP contribution >= 0.6 is 34.8 Å². The third-order valence-corrected chi connectivity index (χ3v) is 2.37. The summed E-state index contributed by atoms with van der Waals surface area (Å²) in [6, 6.07) is 0. The van der Waals surface area contributed by atoms with Crippen molar-refractivity contribution in [2.24, 2.45) is 5.92 Å². The van der Waals surface area contributed by atoms with Crippen molar-refractivity contribution in [3.05, 3.63) is 0 Å². The standard InChI is InChI=1S/C5H8Cl2.CHClO2/c1-2-4-3-5(4,6)7;2-1(3)4/h4H,2-3H2,1H3;(H,3,4). The van der Waals surface area contributed by atoms with Gasteiger partial charge in [-0.1, -0.05) is 13.3 Å². The van der Waals surface area contributed by atoms with E-state index in [1.807, 2.05) is 0 Å². The highest BCUT2D eigenvalue weighted by Gasteiger charge is 2.49. The Kier molecular flexibility index (Phi) is 4.52. The molecule has 1 fully saturated rings. The average Bonchev–Trinajstić information content (AvgIpc) is 2.38. The van der Waals surface area contributed by atoms with E-state index < -0.39 is 5.43 Å². The molecule has 5 heteroatoms. The van der Waals surface area contributed by atoms with Crippen LogP contribution in [-0.2, 0) is 0 Å². The lowest BCUT2D eigenvalue weighted by Crippen LogP contribution is -1.85. The lowest BCUT2D eigenvalue weighted by atomic mass is 10.3. The first-order chi connectivity index (χ1) is 4.90. The van der Waals surface area contributed by atoms with E-state index >= 15 is 0 Å². The molecule has 0 aromatic carbocycles. The third kappa shape index (κ3) is 5.59. The van der Waals surface area contributed by atoms with Gasteiger partial charge in [0.15, 0.2) is 0 Å². The molecule has 0 saturated heterocycles. The molecule has 66 valence electrons. The van der Waals surface area contributed by atoms with E-state index in [1.54, 1.807) is 0 Å². The predicted octanol–water partition coefficient (Wildman–Crippen LogP) is 3.49. The van der Waals surface area contributed by atoms with Crippen LogP contribution in [0.2, 0.25) is 0 Å². The summed E-state index contributed by atoms with van der Waals surface area (Å²) in [7, 11) is 0. The van der Waals surface area contributed by atoms with E-state index in [0.29, 0.717) is 5.92 Å². The molecule has 0 heterocycles. The fourth-order valence-corrected chi connectivity index (χ4v) is 1.39. The molecular formula is C6H9Cl3O2. The fourth-order valence-electron chi connectivity index (χ4n) is 0.713. The molecule has 0 aromatic heterocycles. The lowest BCUT2D eigenvalue weighted by molar-refractivity contribution is 0.220. The SMILES string of the molecule is CCC1CC1(Cl)Cl.O=C(O)Cl. The second-order valence-corrected chi connectivity index (χ2v) is 4.19. The Hall–Kier alpha value is 0.340. The van der Waals surface area contributed by atoms with Gasteiger partial charge in [-0.15, -0.1) is 23.2 Å². The summed E-state index contributed by atoms with van der Waals surface area (Å²) in [6.45, 7) is 2.11. The quantitative estimate of drug-likeness (QED) is 0.541. The number of rotatable bonds is 1. The Labute approximate surface area is 80.4 Å². The van der Waals surface area contributed by atoms with Gasteiger partial charge < -0.3 is 5.11 Å². The summed E-state index contributed by atoms with van der Waals surface area (Å²) in [5, 5.41) is 7.18. The van der Waals surface area contributed by atoms with Crippen LogP contribution in [0, 0.1) is 5.92 Å².